The molecule has 0 saturated heterocycles. The Bertz CT molecular complexity index is 594. The van der Waals surface area contributed by atoms with Gasteiger partial charge < -0.3 is 9.88 Å². The molecular formula is C12H15N5O2. The third-order valence-corrected chi connectivity index (χ3v) is 2.97. The molecule has 0 fully saturated rings. The van der Waals surface area contributed by atoms with Gasteiger partial charge in [0.05, 0.1) is 4.92 Å². The van der Waals surface area contributed by atoms with E-state index in [9.17, 15) is 10.1 Å². The Kier molecular flexibility index (Phi) is 3.74. The van der Waals surface area contributed by atoms with Crippen LogP contribution in [-0.4, -0.2) is 26.2 Å². The molecule has 0 radical (unpaired) electrons. The molecule has 2 rings (SSSR count). The molecule has 0 saturated carbocycles. The lowest BCUT2D eigenvalue weighted by atomic mass is 10.1. The molecule has 2 aromatic rings. The first-order chi connectivity index (χ1) is 9.09. The monoisotopic (exact) mass is 261 g/mol. The van der Waals surface area contributed by atoms with Crippen molar-refractivity contribution < 1.29 is 4.92 Å². The second-order valence-electron chi connectivity index (χ2n) is 4.24. The lowest BCUT2D eigenvalue weighted by molar-refractivity contribution is -0.385. The lowest BCUT2D eigenvalue weighted by Crippen LogP contribution is -2.09. The molecule has 0 unspecified atom stereocenters. The van der Waals surface area contributed by atoms with Crippen LogP contribution in [0.2, 0.25) is 0 Å². The first-order valence-corrected chi connectivity index (χ1v) is 5.90. The minimum Gasteiger partial charge on any atom is -0.384 e. The largest absolute Gasteiger partial charge is 0.384 e. The predicted molar refractivity (Wildman–Crippen MR) is 71.0 cm³/mol. The molecule has 1 N–H and O–H groups in total. The third kappa shape index (κ3) is 2.87. The number of nitrogens with one attached hydrogen (secondary N) is 1. The van der Waals surface area contributed by atoms with Gasteiger partial charge in [-0.05, 0) is 13.0 Å². The van der Waals surface area contributed by atoms with Crippen LogP contribution in [0.15, 0.2) is 24.5 Å². The second-order valence-corrected chi connectivity index (χ2v) is 4.24. The van der Waals surface area contributed by atoms with Crippen molar-refractivity contribution in [2.75, 3.05) is 11.9 Å². The van der Waals surface area contributed by atoms with Crippen LogP contribution < -0.4 is 5.32 Å². The quantitative estimate of drug-likeness (QED) is 0.653. The van der Waals surface area contributed by atoms with E-state index < -0.39 is 0 Å². The summed E-state index contributed by atoms with van der Waals surface area (Å²) < 4.78 is 1.85. The molecule has 1 aromatic carbocycles. The van der Waals surface area contributed by atoms with Gasteiger partial charge in [0.25, 0.3) is 5.69 Å². The molecule has 0 amide bonds. The highest BCUT2D eigenvalue weighted by atomic mass is 16.6. The molecule has 0 spiro atoms. The summed E-state index contributed by atoms with van der Waals surface area (Å²) in [6.45, 7) is 2.39. The van der Waals surface area contributed by atoms with E-state index in [4.69, 9.17) is 0 Å². The first-order valence-electron chi connectivity index (χ1n) is 5.90. The van der Waals surface area contributed by atoms with Crippen molar-refractivity contribution >= 4 is 11.4 Å². The Balaban J connectivity index is 2.02. The van der Waals surface area contributed by atoms with E-state index in [2.05, 4.69) is 15.5 Å². The summed E-state index contributed by atoms with van der Waals surface area (Å²) in [5.74, 6) is 0.871. The molecule has 19 heavy (non-hydrogen) atoms. The number of aryl methyl sites for hydroxylation is 1. The van der Waals surface area contributed by atoms with E-state index in [1.54, 1.807) is 19.3 Å². The number of nitrogens with zero attached hydrogens (tertiary/aromatic N) is 4. The summed E-state index contributed by atoms with van der Waals surface area (Å²) in [7, 11) is 1.88. The summed E-state index contributed by atoms with van der Waals surface area (Å²) in [5, 5.41) is 21.8. The Hall–Kier alpha value is -2.44. The van der Waals surface area contributed by atoms with Gasteiger partial charge in [-0.1, -0.05) is 6.07 Å². The summed E-state index contributed by atoms with van der Waals surface area (Å²) in [5.41, 5.74) is 1.55. The standard InChI is InChI=1S/C12H15N5O2/c1-9-10(4-3-5-11(9)17(18)19)13-7-6-12-15-14-8-16(12)2/h3-5,8,13H,6-7H2,1-2H3. The van der Waals surface area contributed by atoms with Crippen molar-refractivity contribution in [1.82, 2.24) is 14.8 Å². The smallest absolute Gasteiger partial charge is 0.274 e. The van der Waals surface area contributed by atoms with Gasteiger partial charge in [0.1, 0.15) is 12.2 Å². The van der Waals surface area contributed by atoms with Gasteiger partial charge in [-0.15, -0.1) is 10.2 Å². The zero-order valence-electron chi connectivity index (χ0n) is 10.8. The van der Waals surface area contributed by atoms with E-state index in [-0.39, 0.29) is 10.6 Å². The van der Waals surface area contributed by atoms with E-state index >= 15 is 0 Å². The Labute approximate surface area is 110 Å². The Morgan fingerprint density at radius 1 is 1.47 bits per heavy atom. The van der Waals surface area contributed by atoms with E-state index in [0.717, 1.165) is 11.5 Å². The number of nitro benzene ring substituents is 1. The molecular weight excluding hydrogens is 246 g/mol. The molecule has 7 nitrogen and oxygen atoms in total. The van der Waals surface area contributed by atoms with Crippen molar-refractivity contribution in [2.24, 2.45) is 7.05 Å². The summed E-state index contributed by atoms with van der Waals surface area (Å²) in [4.78, 5) is 10.5. The van der Waals surface area contributed by atoms with Crippen LogP contribution in [0.25, 0.3) is 0 Å². The van der Waals surface area contributed by atoms with E-state index in [0.29, 0.717) is 18.5 Å². The SMILES string of the molecule is Cc1c(NCCc2nncn2C)cccc1[N+](=O)[O-]. The highest BCUT2D eigenvalue weighted by molar-refractivity contribution is 5.59. The number of rotatable bonds is 5. The fraction of sp³-hybridized carbons (Fsp3) is 0.333. The van der Waals surface area contributed by atoms with Gasteiger partial charge in [0.15, 0.2) is 0 Å². The molecule has 0 atom stereocenters. The van der Waals surface area contributed by atoms with Crippen molar-refractivity contribution in [2.45, 2.75) is 13.3 Å². The summed E-state index contributed by atoms with van der Waals surface area (Å²) >= 11 is 0. The maximum Gasteiger partial charge on any atom is 0.274 e. The molecule has 100 valence electrons. The van der Waals surface area contributed by atoms with Gasteiger partial charge in [0, 0.05) is 37.3 Å². The van der Waals surface area contributed by atoms with Crippen LogP contribution in [0, 0.1) is 17.0 Å². The second kappa shape index (κ2) is 5.47. The third-order valence-electron chi connectivity index (χ3n) is 2.97. The van der Waals surface area contributed by atoms with Crippen LogP contribution in [0.5, 0.6) is 0 Å². The fourth-order valence-corrected chi connectivity index (χ4v) is 1.86. The van der Waals surface area contributed by atoms with Crippen LogP contribution in [0.3, 0.4) is 0 Å². The molecule has 1 aromatic heterocycles. The van der Waals surface area contributed by atoms with Gasteiger partial charge in [-0.2, -0.15) is 0 Å². The van der Waals surface area contributed by atoms with E-state index in [1.165, 1.54) is 6.07 Å². The lowest BCUT2D eigenvalue weighted by Gasteiger charge is -2.09. The minimum atomic E-state index is -0.372. The Morgan fingerprint density at radius 2 is 2.26 bits per heavy atom. The van der Waals surface area contributed by atoms with Crippen molar-refractivity contribution in [3.8, 4) is 0 Å². The highest BCUT2D eigenvalue weighted by Crippen LogP contribution is 2.24. The van der Waals surface area contributed by atoms with Gasteiger partial charge in [0.2, 0.25) is 0 Å². The number of nitro groups is 1. The maximum atomic E-state index is 10.8. The maximum absolute atomic E-state index is 10.8. The van der Waals surface area contributed by atoms with Crippen LogP contribution in [-0.2, 0) is 13.5 Å². The summed E-state index contributed by atoms with van der Waals surface area (Å²) in [6.07, 6.45) is 2.35. The number of benzene rings is 1. The minimum absolute atomic E-state index is 0.128. The van der Waals surface area contributed by atoms with Crippen LogP contribution >= 0.6 is 0 Å². The van der Waals surface area contributed by atoms with Crippen molar-refractivity contribution in [1.29, 1.82) is 0 Å². The van der Waals surface area contributed by atoms with Crippen molar-refractivity contribution in [3.05, 3.63) is 46.0 Å². The normalized spacial score (nSPS) is 10.4. The molecule has 0 bridgehead atoms. The summed E-state index contributed by atoms with van der Waals surface area (Å²) in [6, 6.07) is 5.01. The number of aromatic nitrogens is 3. The van der Waals surface area contributed by atoms with Gasteiger partial charge in [-0.3, -0.25) is 10.1 Å². The van der Waals surface area contributed by atoms with Crippen LogP contribution in [0.4, 0.5) is 11.4 Å². The average molecular weight is 261 g/mol. The Morgan fingerprint density at radius 3 is 2.89 bits per heavy atom. The topological polar surface area (TPSA) is 85.9 Å². The molecule has 0 aliphatic carbocycles. The molecule has 0 aliphatic rings. The molecule has 1 heterocycles. The van der Waals surface area contributed by atoms with E-state index in [1.807, 2.05) is 17.7 Å². The average Bonchev–Trinajstić information content (AvgIpc) is 2.77. The molecule has 0 aliphatic heterocycles. The number of anilines is 1. The van der Waals surface area contributed by atoms with Gasteiger partial charge in [-0.25, -0.2) is 0 Å². The fourth-order valence-electron chi connectivity index (χ4n) is 1.86. The molecule has 7 heteroatoms. The van der Waals surface area contributed by atoms with Crippen LogP contribution in [0.1, 0.15) is 11.4 Å². The predicted octanol–water partition coefficient (Wildman–Crippen LogP) is 1.69. The van der Waals surface area contributed by atoms with Crippen molar-refractivity contribution in [3.63, 3.8) is 0 Å². The van der Waals surface area contributed by atoms with Gasteiger partial charge >= 0.3 is 0 Å². The number of hydrogen-bond donors (Lipinski definition) is 1. The zero-order chi connectivity index (χ0) is 13.8. The number of hydrogen-bond acceptors (Lipinski definition) is 5. The zero-order valence-corrected chi connectivity index (χ0v) is 10.8. The first kappa shape index (κ1) is 13.0. The highest BCUT2D eigenvalue weighted by Gasteiger charge is 2.12.